The molecule has 0 spiro atoms. The second-order valence-electron chi connectivity index (χ2n) is 12.6. The average molecular weight is 584 g/mol. The van der Waals surface area contributed by atoms with Crippen LogP contribution in [0.25, 0.3) is 0 Å². The van der Waals surface area contributed by atoms with Gasteiger partial charge in [-0.25, -0.2) is 9.78 Å². The highest BCUT2D eigenvalue weighted by Gasteiger charge is 2.44. The molecule has 1 aromatic heterocycles. The Labute approximate surface area is 249 Å². The molecule has 1 atom stereocenters. The van der Waals surface area contributed by atoms with E-state index >= 15 is 0 Å². The van der Waals surface area contributed by atoms with E-state index in [1.807, 2.05) is 40.2 Å². The van der Waals surface area contributed by atoms with Gasteiger partial charge in [0.2, 0.25) is 5.91 Å². The largest absolute Gasteiger partial charge is 0.341 e. The normalized spacial score (nSPS) is 21.0. The fraction of sp³-hybridized carbons (Fsp3) is 0.677. The zero-order chi connectivity index (χ0) is 28.8. The number of piperidine rings is 2. The first-order chi connectivity index (χ1) is 19.8. The summed E-state index contributed by atoms with van der Waals surface area (Å²) in [6.07, 6.45) is 14.3. The van der Waals surface area contributed by atoms with Crippen LogP contribution in [0.15, 0.2) is 36.9 Å². The van der Waals surface area contributed by atoms with E-state index in [4.69, 9.17) is 11.6 Å². The molecule has 0 unspecified atom stereocenters. The van der Waals surface area contributed by atoms with Crippen molar-refractivity contribution in [2.75, 3.05) is 40.3 Å². The van der Waals surface area contributed by atoms with Crippen molar-refractivity contribution in [3.63, 3.8) is 0 Å². The van der Waals surface area contributed by atoms with Gasteiger partial charge in [-0.15, -0.1) is 0 Å². The Kier molecular flexibility index (Phi) is 9.86. The SMILES string of the molecule is CN(C)C(=O)N1CCC(N[C@H](Cc2ccc(Cl)cc2)C(=O)N2CCC(Cn3cncn3)(C3CCCCC3)CC2)CC1. The van der Waals surface area contributed by atoms with E-state index in [1.54, 1.807) is 25.3 Å². The maximum absolute atomic E-state index is 14.1. The summed E-state index contributed by atoms with van der Waals surface area (Å²) >= 11 is 6.15. The van der Waals surface area contributed by atoms with Crippen LogP contribution in [0.3, 0.4) is 0 Å². The molecule has 1 aromatic carbocycles. The molecule has 10 heteroatoms. The lowest BCUT2D eigenvalue weighted by molar-refractivity contribution is -0.137. The van der Waals surface area contributed by atoms with Crippen molar-refractivity contribution in [3.8, 4) is 0 Å². The first kappa shape index (κ1) is 29.8. The van der Waals surface area contributed by atoms with Crippen LogP contribution in [-0.4, -0.2) is 93.8 Å². The molecule has 3 aliphatic rings. The van der Waals surface area contributed by atoms with Gasteiger partial charge in [0.05, 0.1) is 6.04 Å². The Morgan fingerprint density at radius 2 is 1.68 bits per heavy atom. The number of aromatic nitrogens is 3. The number of urea groups is 1. The van der Waals surface area contributed by atoms with Gasteiger partial charge in [0.25, 0.3) is 0 Å². The third-order valence-electron chi connectivity index (χ3n) is 9.72. The van der Waals surface area contributed by atoms with E-state index < -0.39 is 0 Å². The monoisotopic (exact) mass is 583 g/mol. The molecule has 224 valence electrons. The lowest BCUT2D eigenvalue weighted by Crippen LogP contribution is -2.57. The summed E-state index contributed by atoms with van der Waals surface area (Å²) < 4.78 is 2.00. The van der Waals surface area contributed by atoms with Gasteiger partial charge in [0.15, 0.2) is 0 Å². The second kappa shape index (κ2) is 13.6. The first-order valence-corrected chi connectivity index (χ1v) is 15.8. The summed E-state index contributed by atoms with van der Waals surface area (Å²) in [6, 6.07) is 7.77. The van der Waals surface area contributed by atoms with Crippen LogP contribution in [0.1, 0.15) is 63.4 Å². The van der Waals surface area contributed by atoms with Gasteiger partial charge < -0.3 is 20.0 Å². The third-order valence-corrected chi connectivity index (χ3v) is 9.97. The lowest BCUT2D eigenvalue weighted by Gasteiger charge is -2.48. The molecule has 0 bridgehead atoms. The second-order valence-corrected chi connectivity index (χ2v) is 13.0. The molecule has 3 amide bonds. The van der Waals surface area contributed by atoms with Gasteiger partial charge in [-0.1, -0.05) is 43.0 Å². The number of amides is 3. The highest BCUT2D eigenvalue weighted by molar-refractivity contribution is 6.30. The van der Waals surface area contributed by atoms with Crippen LogP contribution in [0.4, 0.5) is 4.79 Å². The van der Waals surface area contributed by atoms with E-state index in [0.717, 1.165) is 50.9 Å². The first-order valence-electron chi connectivity index (χ1n) is 15.4. The number of halogens is 1. The van der Waals surface area contributed by atoms with E-state index in [2.05, 4.69) is 20.3 Å². The summed E-state index contributed by atoms with van der Waals surface area (Å²) in [5, 5.41) is 8.88. The van der Waals surface area contributed by atoms with Crippen molar-refractivity contribution in [3.05, 3.63) is 47.5 Å². The minimum Gasteiger partial charge on any atom is -0.341 e. The Balaban J connectivity index is 1.26. The minimum atomic E-state index is -0.310. The molecule has 2 aliphatic heterocycles. The molecule has 9 nitrogen and oxygen atoms in total. The summed E-state index contributed by atoms with van der Waals surface area (Å²) in [5.41, 5.74) is 1.26. The molecule has 41 heavy (non-hydrogen) atoms. The molecule has 2 saturated heterocycles. The Morgan fingerprint density at radius 1 is 1.00 bits per heavy atom. The quantitative estimate of drug-likeness (QED) is 0.496. The van der Waals surface area contributed by atoms with Crippen molar-refractivity contribution in [2.45, 2.75) is 82.8 Å². The van der Waals surface area contributed by atoms with Crippen LogP contribution in [0.2, 0.25) is 5.02 Å². The molecule has 1 N–H and O–H groups in total. The molecule has 5 rings (SSSR count). The lowest BCUT2D eigenvalue weighted by atomic mass is 9.63. The van der Waals surface area contributed by atoms with Crippen LogP contribution in [0.5, 0.6) is 0 Å². The van der Waals surface area contributed by atoms with E-state index in [0.29, 0.717) is 30.5 Å². The predicted molar refractivity (Wildman–Crippen MR) is 161 cm³/mol. The van der Waals surface area contributed by atoms with Crippen molar-refractivity contribution in [1.29, 1.82) is 0 Å². The molecule has 1 saturated carbocycles. The van der Waals surface area contributed by atoms with E-state index in [9.17, 15) is 9.59 Å². The van der Waals surface area contributed by atoms with Gasteiger partial charge in [0.1, 0.15) is 12.7 Å². The van der Waals surface area contributed by atoms with Crippen molar-refractivity contribution >= 4 is 23.5 Å². The number of nitrogens with zero attached hydrogens (tertiary/aromatic N) is 6. The highest BCUT2D eigenvalue weighted by Crippen LogP contribution is 2.47. The number of hydrogen-bond donors (Lipinski definition) is 1. The molecule has 3 fully saturated rings. The van der Waals surface area contributed by atoms with Crippen molar-refractivity contribution < 1.29 is 9.59 Å². The van der Waals surface area contributed by atoms with Gasteiger partial charge in [-0.2, -0.15) is 5.10 Å². The predicted octanol–water partition coefficient (Wildman–Crippen LogP) is 4.47. The zero-order valence-corrected chi connectivity index (χ0v) is 25.4. The summed E-state index contributed by atoms with van der Waals surface area (Å²) in [4.78, 5) is 36.4. The van der Waals surface area contributed by atoms with Gasteiger partial charge in [-0.3, -0.25) is 9.48 Å². The van der Waals surface area contributed by atoms with Crippen LogP contribution in [0, 0.1) is 11.3 Å². The molecule has 2 aromatic rings. The summed E-state index contributed by atoms with van der Waals surface area (Å²) in [7, 11) is 3.59. The number of carbonyl (C=O) groups is 2. The topological polar surface area (TPSA) is 86.6 Å². The Morgan fingerprint density at radius 3 is 2.29 bits per heavy atom. The Hall–Kier alpha value is -2.65. The van der Waals surface area contributed by atoms with Gasteiger partial charge in [0, 0.05) is 57.9 Å². The van der Waals surface area contributed by atoms with Crippen LogP contribution >= 0.6 is 11.6 Å². The standard InChI is InChI=1S/C31H46ClN7O2/c1-36(2)30(41)38-16-12-27(13-17-38)35-28(20-24-8-10-26(32)11-9-24)29(40)37-18-14-31(15-19-37,21-39-23-33-22-34-39)25-6-4-3-5-7-25/h8-11,22-23,25,27-28,35H,3-7,12-21H2,1-2H3/t28-/m1/s1. The Bertz CT molecular complexity index is 1120. The molecular weight excluding hydrogens is 538 g/mol. The molecular formula is C31H46ClN7O2. The third kappa shape index (κ3) is 7.41. The van der Waals surface area contributed by atoms with Gasteiger partial charge >= 0.3 is 6.03 Å². The number of carbonyl (C=O) groups excluding carboxylic acids is 2. The average Bonchev–Trinajstić information content (AvgIpc) is 3.51. The molecule has 1 aliphatic carbocycles. The summed E-state index contributed by atoms with van der Waals surface area (Å²) in [5.74, 6) is 0.862. The van der Waals surface area contributed by atoms with E-state index in [1.165, 1.54) is 32.1 Å². The smallest absolute Gasteiger partial charge is 0.319 e. The maximum Gasteiger partial charge on any atom is 0.319 e. The number of nitrogens with one attached hydrogen (secondary N) is 1. The minimum absolute atomic E-state index is 0.0536. The fourth-order valence-corrected chi connectivity index (χ4v) is 7.44. The molecule has 3 heterocycles. The number of benzene rings is 1. The van der Waals surface area contributed by atoms with Gasteiger partial charge in [-0.05, 0) is 74.0 Å². The van der Waals surface area contributed by atoms with Crippen molar-refractivity contribution in [2.24, 2.45) is 11.3 Å². The number of hydrogen-bond acceptors (Lipinski definition) is 5. The van der Waals surface area contributed by atoms with E-state index in [-0.39, 0.29) is 29.4 Å². The molecule has 0 radical (unpaired) electrons. The van der Waals surface area contributed by atoms with Crippen molar-refractivity contribution in [1.82, 2.24) is 34.8 Å². The summed E-state index contributed by atoms with van der Waals surface area (Å²) in [6.45, 7) is 3.84. The van der Waals surface area contributed by atoms with Crippen LogP contribution < -0.4 is 5.32 Å². The zero-order valence-electron chi connectivity index (χ0n) is 24.7. The van der Waals surface area contributed by atoms with Crippen LogP contribution in [-0.2, 0) is 17.8 Å². The maximum atomic E-state index is 14.1. The number of likely N-dealkylation sites (tertiary alicyclic amines) is 2. The highest BCUT2D eigenvalue weighted by atomic mass is 35.5. The fourth-order valence-electron chi connectivity index (χ4n) is 7.32. The number of rotatable bonds is 8.